The first kappa shape index (κ1) is 21.9. The lowest BCUT2D eigenvalue weighted by Gasteiger charge is -2.36. The third-order valence-corrected chi connectivity index (χ3v) is 6.14. The van der Waals surface area contributed by atoms with Crippen LogP contribution in [0.25, 0.3) is 0 Å². The SMILES string of the molecule is Cc1cccc(CN2CCN(C(=O)C(C)Cn3nc(C(F)(F)F)cc3C3CC3)CC2)c1. The highest BCUT2D eigenvalue weighted by atomic mass is 19.4. The van der Waals surface area contributed by atoms with Crippen LogP contribution in [0.5, 0.6) is 0 Å². The van der Waals surface area contributed by atoms with Crippen molar-refractivity contribution in [3.05, 3.63) is 52.8 Å². The van der Waals surface area contributed by atoms with Gasteiger partial charge in [0, 0.05) is 44.3 Å². The maximum atomic E-state index is 13.1. The number of nitrogens with zero attached hydrogens (tertiary/aromatic N) is 4. The van der Waals surface area contributed by atoms with E-state index in [9.17, 15) is 18.0 Å². The van der Waals surface area contributed by atoms with Crippen molar-refractivity contribution in [1.29, 1.82) is 0 Å². The molecule has 1 saturated carbocycles. The number of carbonyl (C=O) groups is 1. The van der Waals surface area contributed by atoms with E-state index in [-0.39, 0.29) is 18.4 Å². The van der Waals surface area contributed by atoms with Gasteiger partial charge in [-0.1, -0.05) is 36.8 Å². The lowest BCUT2D eigenvalue weighted by Crippen LogP contribution is -2.50. The van der Waals surface area contributed by atoms with Crippen LogP contribution < -0.4 is 0 Å². The number of piperazine rings is 1. The van der Waals surface area contributed by atoms with E-state index in [4.69, 9.17) is 0 Å². The molecular weight excluding hydrogens is 405 g/mol. The zero-order valence-electron chi connectivity index (χ0n) is 18.0. The van der Waals surface area contributed by atoms with Crippen LogP contribution in [-0.2, 0) is 24.1 Å². The predicted octanol–water partition coefficient (Wildman–Crippen LogP) is 4.07. The maximum Gasteiger partial charge on any atom is 0.435 e. The predicted molar refractivity (Wildman–Crippen MR) is 111 cm³/mol. The summed E-state index contributed by atoms with van der Waals surface area (Å²) in [7, 11) is 0. The molecule has 0 bridgehead atoms. The van der Waals surface area contributed by atoms with Crippen molar-refractivity contribution in [3.8, 4) is 0 Å². The molecule has 4 rings (SSSR count). The minimum absolute atomic E-state index is 0.0130. The summed E-state index contributed by atoms with van der Waals surface area (Å²) >= 11 is 0. The summed E-state index contributed by atoms with van der Waals surface area (Å²) in [5, 5.41) is 3.79. The van der Waals surface area contributed by atoms with E-state index in [0.29, 0.717) is 18.8 Å². The molecular formula is C23H29F3N4O. The molecule has 1 aromatic heterocycles. The Hall–Kier alpha value is -2.35. The third kappa shape index (κ3) is 5.29. The standard InChI is InChI=1S/C23H29F3N4O/c1-16-4-3-5-18(12-16)15-28-8-10-29(11-9-28)22(31)17(2)14-30-20(19-6-7-19)13-21(27-30)23(24,25)26/h3-5,12-13,17,19H,6-11,14-15H2,1-2H3. The molecule has 1 aliphatic heterocycles. The fraction of sp³-hybridized carbons (Fsp3) is 0.565. The Bertz CT molecular complexity index is 927. The van der Waals surface area contributed by atoms with E-state index < -0.39 is 17.8 Å². The van der Waals surface area contributed by atoms with Gasteiger partial charge < -0.3 is 4.90 Å². The molecule has 0 N–H and O–H groups in total. The molecule has 1 unspecified atom stereocenters. The molecule has 1 atom stereocenters. The van der Waals surface area contributed by atoms with E-state index in [2.05, 4.69) is 41.2 Å². The average Bonchev–Trinajstić information content (AvgIpc) is 3.47. The van der Waals surface area contributed by atoms with Crippen molar-refractivity contribution in [3.63, 3.8) is 0 Å². The molecule has 1 aromatic carbocycles. The third-order valence-electron chi connectivity index (χ3n) is 6.14. The number of rotatable bonds is 6. The van der Waals surface area contributed by atoms with Gasteiger partial charge in [-0.15, -0.1) is 0 Å². The molecule has 0 spiro atoms. The van der Waals surface area contributed by atoms with E-state index >= 15 is 0 Å². The van der Waals surface area contributed by atoms with E-state index in [1.807, 2.05) is 4.90 Å². The number of benzene rings is 1. The first-order chi connectivity index (χ1) is 14.7. The van der Waals surface area contributed by atoms with E-state index in [0.717, 1.165) is 38.5 Å². The van der Waals surface area contributed by atoms with Crippen LogP contribution in [0.2, 0.25) is 0 Å². The molecule has 168 valence electrons. The Balaban J connectivity index is 1.34. The smallest absolute Gasteiger partial charge is 0.340 e. The van der Waals surface area contributed by atoms with Gasteiger partial charge in [-0.3, -0.25) is 14.4 Å². The van der Waals surface area contributed by atoms with Gasteiger partial charge in [-0.25, -0.2) is 0 Å². The van der Waals surface area contributed by atoms with Gasteiger partial charge in [0.1, 0.15) is 0 Å². The molecule has 1 amide bonds. The summed E-state index contributed by atoms with van der Waals surface area (Å²) in [5.74, 6) is -0.293. The number of hydrogen-bond acceptors (Lipinski definition) is 3. The summed E-state index contributed by atoms with van der Waals surface area (Å²) in [6.45, 7) is 7.76. The summed E-state index contributed by atoms with van der Waals surface area (Å²) in [6.07, 6.45) is -2.70. The number of alkyl halides is 3. The number of aromatic nitrogens is 2. The van der Waals surface area contributed by atoms with Gasteiger partial charge in [-0.2, -0.15) is 18.3 Å². The molecule has 5 nitrogen and oxygen atoms in total. The van der Waals surface area contributed by atoms with Gasteiger partial charge in [-0.05, 0) is 31.4 Å². The van der Waals surface area contributed by atoms with Gasteiger partial charge in [0.05, 0.1) is 12.5 Å². The molecule has 31 heavy (non-hydrogen) atoms. The van der Waals surface area contributed by atoms with Crippen molar-refractivity contribution < 1.29 is 18.0 Å². The quantitative estimate of drug-likeness (QED) is 0.688. The first-order valence-corrected chi connectivity index (χ1v) is 10.9. The van der Waals surface area contributed by atoms with Crippen molar-refractivity contribution in [2.75, 3.05) is 26.2 Å². The molecule has 2 fully saturated rings. The van der Waals surface area contributed by atoms with Crippen LogP contribution in [0.3, 0.4) is 0 Å². The Morgan fingerprint density at radius 1 is 1.16 bits per heavy atom. The van der Waals surface area contributed by atoms with Gasteiger partial charge >= 0.3 is 6.18 Å². The normalized spacial score (nSPS) is 18.9. The Kier molecular flexibility index (Phi) is 6.10. The Morgan fingerprint density at radius 2 is 1.87 bits per heavy atom. The zero-order valence-corrected chi connectivity index (χ0v) is 18.0. The lowest BCUT2D eigenvalue weighted by atomic mass is 10.1. The zero-order chi connectivity index (χ0) is 22.2. The van der Waals surface area contributed by atoms with Crippen molar-refractivity contribution in [2.24, 2.45) is 5.92 Å². The lowest BCUT2D eigenvalue weighted by molar-refractivity contribution is -0.141. The highest BCUT2D eigenvalue weighted by molar-refractivity contribution is 5.78. The monoisotopic (exact) mass is 434 g/mol. The summed E-state index contributed by atoms with van der Waals surface area (Å²) in [5.41, 5.74) is 2.24. The van der Waals surface area contributed by atoms with Crippen LogP contribution in [0.1, 0.15) is 48.2 Å². The fourth-order valence-corrected chi connectivity index (χ4v) is 4.27. The second-order valence-corrected chi connectivity index (χ2v) is 8.90. The minimum Gasteiger partial charge on any atom is -0.340 e. The topological polar surface area (TPSA) is 41.4 Å². The number of halogens is 3. The highest BCUT2D eigenvalue weighted by Crippen LogP contribution is 2.42. The minimum atomic E-state index is -4.46. The van der Waals surface area contributed by atoms with Crippen LogP contribution in [-0.4, -0.2) is 51.7 Å². The largest absolute Gasteiger partial charge is 0.435 e. The van der Waals surface area contributed by atoms with Gasteiger partial charge in [0.15, 0.2) is 5.69 Å². The number of carbonyl (C=O) groups excluding carboxylic acids is 1. The van der Waals surface area contributed by atoms with Crippen molar-refractivity contribution in [1.82, 2.24) is 19.6 Å². The molecule has 0 radical (unpaired) electrons. The van der Waals surface area contributed by atoms with Crippen LogP contribution in [0.15, 0.2) is 30.3 Å². The van der Waals surface area contributed by atoms with Crippen LogP contribution in [0, 0.1) is 12.8 Å². The van der Waals surface area contributed by atoms with Crippen LogP contribution in [0.4, 0.5) is 13.2 Å². The van der Waals surface area contributed by atoms with E-state index in [1.54, 1.807) is 6.92 Å². The van der Waals surface area contributed by atoms with Gasteiger partial charge in [0.25, 0.3) is 0 Å². The summed E-state index contributed by atoms with van der Waals surface area (Å²) in [6, 6.07) is 9.58. The van der Waals surface area contributed by atoms with Crippen molar-refractivity contribution >= 4 is 5.91 Å². The molecule has 2 heterocycles. The molecule has 2 aromatic rings. The molecule has 1 saturated heterocycles. The molecule has 2 aliphatic rings. The number of amides is 1. The van der Waals surface area contributed by atoms with Crippen LogP contribution >= 0.6 is 0 Å². The molecule has 1 aliphatic carbocycles. The fourth-order valence-electron chi connectivity index (χ4n) is 4.27. The first-order valence-electron chi connectivity index (χ1n) is 10.9. The Morgan fingerprint density at radius 3 is 2.48 bits per heavy atom. The summed E-state index contributed by atoms with van der Waals surface area (Å²) < 4.78 is 40.7. The Labute approximate surface area is 180 Å². The van der Waals surface area contributed by atoms with Crippen molar-refractivity contribution in [2.45, 2.75) is 51.9 Å². The van der Waals surface area contributed by atoms with E-state index in [1.165, 1.54) is 15.8 Å². The maximum absolute atomic E-state index is 13.1. The number of aryl methyl sites for hydroxylation is 1. The van der Waals surface area contributed by atoms with Gasteiger partial charge in [0.2, 0.25) is 5.91 Å². The number of hydrogen-bond donors (Lipinski definition) is 0. The molecule has 8 heteroatoms. The summed E-state index contributed by atoms with van der Waals surface area (Å²) in [4.78, 5) is 17.1. The second-order valence-electron chi connectivity index (χ2n) is 8.90. The highest BCUT2D eigenvalue weighted by Gasteiger charge is 2.38. The second kappa shape index (κ2) is 8.65. The average molecular weight is 435 g/mol.